The number of nitrogens with zero attached hydrogens (tertiary/aromatic N) is 3. The van der Waals surface area contributed by atoms with Crippen LogP contribution in [0.1, 0.15) is 48.9 Å². The summed E-state index contributed by atoms with van der Waals surface area (Å²) < 4.78 is 21.1. The van der Waals surface area contributed by atoms with Crippen molar-refractivity contribution in [2.45, 2.75) is 51.7 Å². The monoisotopic (exact) mass is 330 g/mol. The lowest BCUT2D eigenvalue weighted by molar-refractivity contribution is 0.0167. The molecule has 0 saturated heterocycles. The van der Waals surface area contributed by atoms with Gasteiger partial charge in [-0.1, -0.05) is 25.3 Å². The van der Waals surface area contributed by atoms with Gasteiger partial charge in [-0.3, -0.25) is 0 Å². The zero-order chi connectivity index (χ0) is 16.9. The van der Waals surface area contributed by atoms with Crippen molar-refractivity contribution >= 4 is 12.2 Å². The molecule has 1 saturated carbocycles. The van der Waals surface area contributed by atoms with E-state index in [1.165, 1.54) is 36.1 Å². The fourth-order valence-electron chi connectivity index (χ4n) is 2.99. The fraction of sp³-hybridized carbons (Fsp3) is 0.444. The third kappa shape index (κ3) is 4.20. The Balaban J connectivity index is 1.73. The molecule has 6 heteroatoms. The van der Waals surface area contributed by atoms with E-state index < -0.39 is 0 Å². The fourth-order valence-corrected chi connectivity index (χ4v) is 2.99. The maximum Gasteiger partial charge on any atom is 0.221 e. The quantitative estimate of drug-likeness (QED) is 0.851. The molecule has 1 fully saturated rings. The van der Waals surface area contributed by atoms with Crippen LogP contribution in [0.3, 0.4) is 0 Å². The van der Waals surface area contributed by atoms with Crippen molar-refractivity contribution in [3.63, 3.8) is 0 Å². The van der Waals surface area contributed by atoms with Gasteiger partial charge in [-0.25, -0.2) is 14.1 Å². The number of ether oxygens (including phenoxy) is 1. The van der Waals surface area contributed by atoms with E-state index in [2.05, 4.69) is 10.1 Å². The molecule has 2 N–H and O–H groups in total. The van der Waals surface area contributed by atoms with Gasteiger partial charge in [0.2, 0.25) is 5.95 Å². The third-order valence-corrected chi connectivity index (χ3v) is 4.29. The van der Waals surface area contributed by atoms with Crippen LogP contribution < -0.4 is 5.73 Å². The SMILES string of the molecule is Cc1cn(N=Cc2ccc(F)cc2COC2CCCCC2)c(N)n1. The highest BCUT2D eigenvalue weighted by Crippen LogP contribution is 2.22. The second kappa shape index (κ2) is 7.57. The third-order valence-electron chi connectivity index (χ3n) is 4.29. The van der Waals surface area contributed by atoms with Crippen molar-refractivity contribution in [3.05, 3.63) is 47.0 Å². The van der Waals surface area contributed by atoms with E-state index in [4.69, 9.17) is 10.5 Å². The molecule has 5 nitrogen and oxygen atoms in total. The van der Waals surface area contributed by atoms with Crippen molar-refractivity contribution in [3.8, 4) is 0 Å². The Morgan fingerprint density at radius 1 is 1.38 bits per heavy atom. The first kappa shape index (κ1) is 16.6. The van der Waals surface area contributed by atoms with Crippen LogP contribution in [0, 0.1) is 12.7 Å². The molecule has 1 aliphatic rings. The minimum Gasteiger partial charge on any atom is -0.374 e. The first-order chi connectivity index (χ1) is 11.6. The van der Waals surface area contributed by atoms with E-state index in [0.717, 1.165) is 29.7 Å². The number of anilines is 1. The van der Waals surface area contributed by atoms with Crippen molar-refractivity contribution in [1.82, 2.24) is 9.66 Å². The molecule has 1 aromatic heterocycles. The summed E-state index contributed by atoms with van der Waals surface area (Å²) in [7, 11) is 0. The number of benzene rings is 1. The number of aromatic nitrogens is 2. The molecule has 2 aromatic rings. The van der Waals surface area contributed by atoms with Gasteiger partial charge in [-0.15, -0.1) is 0 Å². The van der Waals surface area contributed by atoms with E-state index in [9.17, 15) is 4.39 Å². The zero-order valence-electron chi connectivity index (χ0n) is 13.9. The number of rotatable bonds is 5. The van der Waals surface area contributed by atoms with Gasteiger partial charge in [0.15, 0.2) is 0 Å². The summed E-state index contributed by atoms with van der Waals surface area (Å²) in [6, 6.07) is 4.64. The molecule has 128 valence electrons. The standard InChI is InChI=1S/C18H23FN4O/c1-13-11-23(18(20)22-13)21-10-14-7-8-16(19)9-15(14)12-24-17-5-3-2-4-6-17/h7-11,17H,2-6,12H2,1H3,(H2,20,22). The van der Waals surface area contributed by atoms with Crippen LogP contribution in [0.5, 0.6) is 0 Å². The molecule has 0 atom stereocenters. The number of hydrogen-bond acceptors (Lipinski definition) is 4. The van der Waals surface area contributed by atoms with Crippen molar-refractivity contribution < 1.29 is 9.13 Å². The molecule has 1 aromatic carbocycles. The minimum atomic E-state index is -0.271. The van der Waals surface area contributed by atoms with Crippen molar-refractivity contribution in [2.75, 3.05) is 5.73 Å². The summed E-state index contributed by atoms with van der Waals surface area (Å²) in [5, 5.41) is 4.31. The van der Waals surface area contributed by atoms with E-state index in [-0.39, 0.29) is 11.9 Å². The topological polar surface area (TPSA) is 65.4 Å². The molecule has 1 aliphatic carbocycles. The summed E-state index contributed by atoms with van der Waals surface area (Å²) in [6.45, 7) is 2.24. The summed E-state index contributed by atoms with van der Waals surface area (Å²) >= 11 is 0. The minimum absolute atomic E-state index is 0.271. The Kier molecular flexibility index (Phi) is 5.25. The number of imidazole rings is 1. The molecule has 3 rings (SSSR count). The van der Waals surface area contributed by atoms with Crippen LogP contribution in [-0.2, 0) is 11.3 Å². The molecule has 0 aliphatic heterocycles. The van der Waals surface area contributed by atoms with Gasteiger partial charge in [-0.05, 0) is 37.5 Å². The lowest BCUT2D eigenvalue weighted by Crippen LogP contribution is -2.16. The van der Waals surface area contributed by atoms with Gasteiger partial charge in [0.1, 0.15) is 5.82 Å². The Bertz CT molecular complexity index is 720. The smallest absolute Gasteiger partial charge is 0.221 e. The van der Waals surface area contributed by atoms with Gasteiger partial charge in [0, 0.05) is 5.56 Å². The maximum absolute atomic E-state index is 13.6. The van der Waals surface area contributed by atoms with Gasteiger partial charge in [0.25, 0.3) is 0 Å². The molecule has 0 bridgehead atoms. The second-order valence-corrected chi connectivity index (χ2v) is 6.24. The molecule has 0 amide bonds. The highest BCUT2D eigenvalue weighted by atomic mass is 19.1. The predicted octanol–water partition coefficient (Wildman–Crippen LogP) is 3.64. The Hall–Kier alpha value is -2.21. The lowest BCUT2D eigenvalue weighted by Gasteiger charge is -2.22. The van der Waals surface area contributed by atoms with Crippen LogP contribution in [-0.4, -0.2) is 22.0 Å². The predicted molar refractivity (Wildman–Crippen MR) is 92.4 cm³/mol. The van der Waals surface area contributed by atoms with Crippen molar-refractivity contribution in [1.29, 1.82) is 0 Å². The van der Waals surface area contributed by atoms with Crippen molar-refractivity contribution in [2.24, 2.45) is 5.10 Å². The number of aryl methyl sites for hydroxylation is 1. The second-order valence-electron chi connectivity index (χ2n) is 6.24. The van der Waals surface area contributed by atoms with Crippen LogP contribution in [0.15, 0.2) is 29.5 Å². The van der Waals surface area contributed by atoms with Crippen LogP contribution >= 0.6 is 0 Å². The average Bonchev–Trinajstić information content (AvgIpc) is 2.90. The summed E-state index contributed by atoms with van der Waals surface area (Å²) in [4.78, 5) is 4.10. The highest BCUT2D eigenvalue weighted by Gasteiger charge is 2.14. The number of hydrogen-bond donors (Lipinski definition) is 1. The number of nitrogens with two attached hydrogens (primary N) is 1. The zero-order valence-corrected chi connectivity index (χ0v) is 13.9. The van der Waals surface area contributed by atoms with E-state index in [0.29, 0.717) is 12.6 Å². The molecule has 1 heterocycles. The molecular formula is C18H23FN4O. The van der Waals surface area contributed by atoms with Crippen LogP contribution in [0.2, 0.25) is 0 Å². The summed E-state index contributed by atoms with van der Waals surface area (Å²) in [5.41, 5.74) is 8.18. The molecule has 0 spiro atoms. The number of nitrogen functional groups attached to an aromatic ring is 1. The van der Waals surface area contributed by atoms with E-state index in [1.807, 2.05) is 6.92 Å². The molecule has 0 radical (unpaired) electrons. The summed E-state index contributed by atoms with van der Waals surface area (Å²) in [6.07, 6.45) is 9.56. The Labute approximate surface area is 141 Å². The van der Waals surface area contributed by atoms with Gasteiger partial charge in [0.05, 0.1) is 30.8 Å². The Morgan fingerprint density at radius 3 is 2.88 bits per heavy atom. The molecule has 24 heavy (non-hydrogen) atoms. The van der Waals surface area contributed by atoms with Gasteiger partial charge in [-0.2, -0.15) is 5.10 Å². The Morgan fingerprint density at radius 2 is 2.17 bits per heavy atom. The number of halogens is 1. The van der Waals surface area contributed by atoms with Gasteiger partial charge < -0.3 is 10.5 Å². The highest BCUT2D eigenvalue weighted by molar-refractivity contribution is 5.81. The first-order valence-corrected chi connectivity index (χ1v) is 8.37. The largest absolute Gasteiger partial charge is 0.374 e. The van der Waals surface area contributed by atoms with E-state index in [1.54, 1.807) is 18.5 Å². The summed E-state index contributed by atoms with van der Waals surface area (Å²) in [5.74, 6) is 0.0539. The van der Waals surface area contributed by atoms with Gasteiger partial charge >= 0.3 is 0 Å². The molecular weight excluding hydrogens is 307 g/mol. The normalized spacial score (nSPS) is 16.1. The van der Waals surface area contributed by atoms with Crippen LogP contribution in [0.25, 0.3) is 0 Å². The first-order valence-electron chi connectivity index (χ1n) is 8.37. The molecule has 0 unspecified atom stereocenters. The van der Waals surface area contributed by atoms with Crippen LogP contribution in [0.4, 0.5) is 10.3 Å². The average molecular weight is 330 g/mol. The van der Waals surface area contributed by atoms with E-state index >= 15 is 0 Å². The maximum atomic E-state index is 13.6. The lowest BCUT2D eigenvalue weighted by atomic mass is 9.98.